The first-order chi connectivity index (χ1) is 9.40. The molecular formula is C14H16FNO3S. The van der Waals surface area contributed by atoms with E-state index in [0.29, 0.717) is 12.3 Å². The molecule has 1 aromatic heterocycles. The number of rotatable bonds is 5. The highest BCUT2D eigenvalue weighted by Gasteiger charge is 2.11. The lowest BCUT2D eigenvalue weighted by atomic mass is 10.3. The summed E-state index contributed by atoms with van der Waals surface area (Å²) < 4.78 is 42.0. The first-order valence-electron chi connectivity index (χ1n) is 6.21. The van der Waals surface area contributed by atoms with Crippen LogP contribution in [0.4, 0.5) is 10.1 Å². The Bertz CT molecular complexity index is 707. The molecule has 0 saturated heterocycles. The molecule has 0 bridgehead atoms. The zero-order valence-electron chi connectivity index (χ0n) is 11.3. The molecule has 4 nitrogen and oxygen atoms in total. The zero-order chi connectivity index (χ0) is 14.8. The Balaban J connectivity index is 2.16. The first-order valence-corrected chi connectivity index (χ1v) is 8.10. The number of anilines is 1. The van der Waals surface area contributed by atoms with E-state index < -0.39 is 15.7 Å². The summed E-state index contributed by atoms with van der Waals surface area (Å²) >= 11 is 0. The summed E-state index contributed by atoms with van der Waals surface area (Å²) in [5.41, 5.74) is 0.141. The van der Waals surface area contributed by atoms with Crippen molar-refractivity contribution in [2.75, 3.05) is 11.6 Å². The van der Waals surface area contributed by atoms with Gasteiger partial charge in [0, 0.05) is 12.7 Å². The van der Waals surface area contributed by atoms with Gasteiger partial charge in [0.2, 0.25) is 0 Å². The zero-order valence-corrected chi connectivity index (χ0v) is 12.1. The summed E-state index contributed by atoms with van der Waals surface area (Å²) in [5.74, 6) is 1.03. The predicted molar refractivity (Wildman–Crippen MR) is 74.9 cm³/mol. The topological polar surface area (TPSA) is 59.3 Å². The molecule has 0 aliphatic rings. The van der Waals surface area contributed by atoms with Gasteiger partial charge in [-0.25, -0.2) is 12.8 Å². The standard InChI is InChI=1S/C14H16FNO3S/c1-3-10-4-5-11(19-10)9-16-14-8-12(20(2,17)18)6-7-13(14)15/h4-8,16H,3,9H2,1-2H3. The van der Waals surface area contributed by atoms with E-state index in [1.54, 1.807) is 0 Å². The number of hydrogen-bond donors (Lipinski definition) is 1. The Hall–Kier alpha value is -1.82. The lowest BCUT2D eigenvalue weighted by Gasteiger charge is -2.08. The second kappa shape index (κ2) is 5.66. The second-order valence-corrected chi connectivity index (χ2v) is 6.50. The number of hydrogen-bond acceptors (Lipinski definition) is 4. The largest absolute Gasteiger partial charge is 0.464 e. The van der Waals surface area contributed by atoms with Crippen LogP contribution in [0.25, 0.3) is 0 Å². The molecule has 1 heterocycles. The van der Waals surface area contributed by atoms with E-state index in [0.717, 1.165) is 24.5 Å². The van der Waals surface area contributed by atoms with E-state index in [1.165, 1.54) is 12.1 Å². The van der Waals surface area contributed by atoms with Gasteiger partial charge in [0.05, 0.1) is 17.1 Å². The van der Waals surface area contributed by atoms with E-state index >= 15 is 0 Å². The van der Waals surface area contributed by atoms with Crippen molar-refractivity contribution in [1.82, 2.24) is 0 Å². The smallest absolute Gasteiger partial charge is 0.175 e. The monoisotopic (exact) mass is 297 g/mol. The second-order valence-electron chi connectivity index (χ2n) is 4.49. The van der Waals surface area contributed by atoms with Crippen LogP contribution in [0.2, 0.25) is 0 Å². The Morgan fingerprint density at radius 1 is 1.20 bits per heavy atom. The molecule has 0 radical (unpaired) electrons. The van der Waals surface area contributed by atoms with Crippen molar-refractivity contribution >= 4 is 15.5 Å². The number of aryl methyl sites for hydroxylation is 1. The number of nitrogens with one attached hydrogen (secondary N) is 1. The van der Waals surface area contributed by atoms with Crippen LogP contribution in [-0.4, -0.2) is 14.7 Å². The minimum Gasteiger partial charge on any atom is -0.464 e. The van der Waals surface area contributed by atoms with E-state index in [9.17, 15) is 12.8 Å². The van der Waals surface area contributed by atoms with E-state index in [1.807, 2.05) is 19.1 Å². The summed E-state index contributed by atoms with van der Waals surface area (Å²) in [7, 11) is -3.35. The van der Waals surface area contributed by atoms with E-state index in [-0.39, 0.29) is 10.6 Å². The summed E-state index contributed by atoms with van der Waals surface area (Å²) in [6, 6.07) is 7.34. The van der Waals surface area contributed by atoms with Gasteiger partial charge < -0.3 is 9.73 Å². The number of halogens is 1. The third kappa shape index (κ3) is 3.39. The molecule has 2 rings (SSSR count). The van der Waals surface area contributed by atoms with Crippen molar-refractivity contribution in [3.63, 3.8) is 0 Å². The summed E-state index contributed by atoms with van der Waals surface area (Å²) in [4.78, 5) is 0.0788. The fourth-order valence-electron chi connectivity index (χ4n) is 1.76. The molecule has 0 aliphatic carbocycles. The Labute approximate surface area is 117 Å². The number of benzene rings is 1. The summed E-state index contributed by atoms with van der Waals surface area (Å²) in [5, 5.41) is 2.85. The Morgan fingerprint density at radius 2 is 1.90 bits per heavy atom. The van der Waals surface area contributed by atoms with Gasteiger partial charge in [0.15, 0.2) is 9.84 Å². The van der Waals surface area contributed by atoms with Crippen LogP contribution in [0.1, 0.15) is 18.4 Å². The molecule has 0 saturated carbocycles. The molecule has 2 aromatic rings. The molecule has 0 fully saturated rings. The average molecular weight is 297 g/mol. The molecule has 0 aliphatic heterocycles. The molecule has 0 atom stereocenters. The van der Waals surface area contributed by atoms with E-state index in [4.69, 9.17) is 4.42 Å². The van der Waals surface area contributed by atoms with Crippen LogP contribution in [0, 0.1) is 5.82 Å². The summed E-state index contributed by atoms with van der Waals surface area (Å²) in [6.07, 6.45) is 1.88. The van der Waals surface area contributed by atoms with Gasteiger partial charge in [0.25, 0.3) is 0 Å². The molecule has 1 aromatic carbocycles. The minimum absolute atomic E-state index is 0.0788. The quantitative estimate of drug-likeness (QED) is 0.862. The van der Waals surface area contributed by atoms with Gasteiger partial charge in [-0.3, -0.25) is 0 Å². The molecule has 20 heavy (non-hydrogen) atoms. The maximum absolute atomic E-state index is 13.6. The number of furan rings is 1. The van der Waals surface area contributed by atoms with Crippen molar-refractivity contribution in [3.8, 4) is 0 Å². The SMILES string of the molecule is CCc1ccc(CNc2cc(S(C)(=O)=O)ccc2F)o1. The van der Waals surface area contributed by atoms with Crippen LogP contribution >= 0.6 is 0 Å². The molecule has 108 valence electrons. The molecule has 1 N–H and O–H groups in total. The molecular weight excluding hydrogens is 281 g/mol. The van der Waals surface area contributed by atoms with Gasteiger partial charge in [0.1, 0.15) is 17.3 Å². The normalized spacial score (nSPS) is 11.6. The fraction of sp³-hybridized carbons (Fsp3) is 0.286. The highest BCUT2D eigenvalue weighted by Crippen LogP contribution is 2.20. The average Bonchev–Trinajstić information content (AvgIpc) is 2.84. The Morgan fingerprint density at radius 3 is 2.50 bits per heavy atom. The van der Waals surface area contributed by atoms with Crippen LogP contribution in [0.5, 0.6) is 0 Å². The Kier molecular flexibility index (Phi) is 4.13. The van der Waals surface area contributed by atoms with Gasteiger partial charge in [-0.2, -0.15) is 0 Å². The van der Waals surface area contributed by atoms with Gasteiger partial charge >= 0.3 is 0 Å². The molecule has 0 amide bonds. The third-order valence-electron chi connectivity index (χ3n) is 2.88. The lowest BCUT2D eigenvalue weighted by molar-refractivity contribution is 0.475. The van der Waals surface area contributed by atoms with Crippen molar-refractivity contribution < 1.29 is 17.2 Å². The van der Waals surface area contributed by atoms with Crippen molar-refractivity contribution in [2.24, 2.45) is 0 Å². The van der Waals surface area contributed by atoms with Gasteiger partial charge in [-0.15, -0.1) is 0 Å². The van der Waals surface area contributed by atoms with Crippen molar-refractivity contribution in [2.45, 2.75) is 24.8 Å². The molecule has 6 heteroatoms. The number of sulfone groups is 1. The van der Waals surface area contributed by atoms with Crippen LogP contribution in [0.3, 0.4) is 0 Å². The van der Waals surface area contributed by atoms with Crippen LogP contribution in [0.15, 0.2) is 39.6 Å². The van der Waals surface area contributed by atoms with Crippen LogP contribution < -0.4 is 5.32 Å². The predicted octanol–water partition coefficient (Wildman–Crippen LogP) is 3.00. The maximum atomic E-state index is 13.6. The van der Waals surface area contributed by atoms with Crippen molar-refractivity contribution in [3.05, 3.63) is 47.7 Å². The van der Waals surface area contributed by atoms with E-state index in [2.05, 4.69) is 5.32 Å². The lowest BCUT2D eigenvalue weighted by Crippen LogP contribution is -2.03. The molecule has 0 unspecified atom stereocenters. The summed E-state index contributed by atoms with van der Waals surface area (Å²) in [6.45, 7) is 2.27. The highest BCUT2D eigenvalue weighted by atomic mass is 32.2. The first kappa shape index (κ1) is 14.6. The van der Waals surface area contributed by atoms with Gasteiger partial charge in [-0.05, 0) is 30.3 Å². The van der Waals surface area contributed by atoms with Crippen molar-refractivity contribution in [1.29, 1.82) is 0 Å². The molecule has 0 spiro atoms. The van der Waals surface area contributed by atoms with Gasteiger partial charge in [-0.1, -0.05) is 6.92 Å². The maximum Gasteiger partial charge on any atom is 0.175 e. The minimum atomic E-state index is -3.35. The fourth-order valence-corrected chi connectivity index (χ4v) is 2.41. The highest BCUT2D eigenvalue weighted by molar-refractivity contribution is 7.90. The van der Waals surface area contributed by atoms with Crippen LogP contribution in [-0.2, 0) is 22.8 Å². The third-order valence-corrected chi connectivity index (χ3v) is 4.00.